The first kappa shape index (κ1) is 45.1. The van der Waals surface area contributed by atoms with Gasteiger partial charge in [0.1, 0.15) is 0 Å². The zero-order valence-electron chi connectivity index (χ0n) is 36.0. The van der Waals surface area contributed by atoms with Crippen molar-refractivity contribution in [1.82, 2.24) is 9.80 Å². The Hall–Kier alpha value is -2.58. The molecule has 8 nitrogen and oxygen atoms in total. The van der Waals surface area contributed by atoms with Crippen molar-refractivity contribution in [2.24, 2.45) is 21.7 Å². The van der Waals surface area contributed by atoms with E-state index in [2.05, 4.69) is 115 Å². The number of ether oxygens (including phenoxy) is 4. The molecule has 304 valence electrons. The summed E-state index contributed by atoms with van der Waals surface area (Å²) in [6.07, 6.45) is 5.07. The van der Waals surface area contributed by atoms with Gasteiger partial charge in [-0.3, -0.25) is 0 Å². The van der Waals surface area contributed by atoms with Gasteiger partial charge in [0.25, 0.3) is 0 Å². The number of esters is 2. The molecular weight excluding hydrogens is 822 g/mol. The number of likely N-dealkylation sites (N-methyl/N-ethyl adjacent to an activating group) is 2. The average molecular weight is 889 g/mol. The van der Waals surface area contributed by atoms with E-state index in [-0.39, 0.29) is 62.6 Å². The van der Waals surface area contributed by atoms with E-state index >= 15 is 0 Å². The molecule has 0 aliphatic carbocycles. The SMILES string of the molecule is COc1cc(OC(=O)CC(C)(C)CC(C)(C)CC(C)(C)CC(C)(C)CC(=O)Oc2cc(OC)cc3[se]cc(CCN(C)C)c23)c2c(CCN(C)C)c[se]c2c1. The zero-order chi connectivity index (χ0) is 40.9. The number of fused-ring (bicyclic) bond motifs is 2. The van der Waals surface area contributed by atoms with Crippen LogP contribution in [0, 0.1) is 21.7 Å². The molecule has 0 unspecified atom stereocenters. The van der Waals surface area contributed by atoms with Gasteiger partial charge in [0.15, 0.2) is 0 Å². The predicted octanol–water partition coefficient (Wildman–Crippen LogP) is 8.90. The van der Waals surface area contributed by atoms with Crippen LogP contribution >= 0.6 is 0 Å². The third-order valence-electron chi connectivity index (χ3n) is 10.1. The monoisotopic (exact) mass is 890 g/mol. The van der Waals surface area contributed by atoms with Gasteiger partial charge < -0.3 is 0 Å². The molecule has 0 saturated heterocycles. The van der Waals surface area contributed by atoms with E-state index < -0.39 is 0 Å². The predicted molar refractivity (Wildman–Crippen MR) is 229 cm³/mol. The number of nitrogens with zero attached hydrogens (tertiary/aromatic N) is 2. The van der Waals surface area contributed by atoms with Crippen LogP contribution in [0.1, 0.15) is 98.6 Å². The van der Waals surface area contributed by atoms with Crippen LogP contribution in [-0.4, -0.2) is 106 Å². The molecule has 2 aromatic heterocycles. The van der Waals surface area contributed by atoms with Crippen LogP contribution in [0.3, 0.4) is 0 Å². The first-order valence-corrected chi connectivity index (χ1v) is 23.1. The second-order valence-corrected chi connectivity index (χ2v) is 22.9. The number of hydrogen-bond acceptors (Lipinski definition) is 8. The Balaban J connectivity index is 1.39. The second kappa shape index (κ2) is 18.3. The Morgan fingerprint density at radius 2 is 0.909 bits per heavy atom. The molecular formula is C45H66N2O6Se2. The van der Waals surface area contributed by atoms with E-state index in [1.165, 1.54) is 19.6 Å². The molecule has 2 aromatic carbocycles. The quantitative estimate of drug-likeness (QED) is 0.0495. The number of benzene rings is 2. The van der Waals surface area contributed by atoms with Crippen molar-refractivity contribution in [3.05, 3.63) is 45.3 Å². The molecule has 0 fully saturated rings. The van der Waals surface area contributed by atoms with E-state index in [1.54, 1.807) is 14.2 Å². The fourth-order valence-electron chi connectivity index (χ4n) is 9.03. The van der Waals surface area contributed by atoms with Gasteiger partial charge in [-0.1, -0.05) is 0 Å². The summed E-state index contributed by atoms with van der Waals surface area (Å²) >= 11 is 0.364. The molecule has 0 N–H and O–H groups in total. The number of carbonyl (C=O) groups is 2. The van der Waals surface area contributed by atoms with E-state index in [4.69, 9.17) is 18.9 Å². The second-order valence-electron chi connectivity index (χ2n) is 19.1. The molecule has 4 aromatic rings. The van der Waals surface area contributed by atoms with E-state index in [0.29, 0.717) is 24.3 Å². The van der Waals surface area contributed by atoms with Gasteiger partial charge in [-0.15, -0.1) is 0 Å². The first-order chi connectivity index (χ1) is 25.5. The van der Waals surface area contributed by atoms with E-state index in [9.17, 15) is 9.59 Å². The van der Waals surface area contributed by atoms with Crippen LogP contribution in [0.4, 0.5) is 0 Å². The molecule has 0 saturated carbocycles. The van der Waals surface area contributed by atoms with Crippen LogP contribution in [0.25, 0.3) is 19.3 Å². The average Bonchev–Trinajstić information content (AvgIpc) is 3.64. The minimum absolute atomic E-state index is 0.0656. The summed E-state index contributed by atoms with van der Waals surface area (Å²) in [5, 5.41) is 2.13. The van der Waals surface area contributed by atoms with Crippen molar-refractivity contribution in [2.75, 3.05) is 55.5 Å². The van der Waals surface area contributed by atoms with Crippen molar-refractivity contribution >= 4 is 60.2 Å². The van der Waals surface area contributed by atoms with Gasteiger partial charge in [-0.25, -0.2) is 0 Å². The Morgan fingerprint density at radius 3 is 1.24 bits per heavy atom. The van der Waals surface area contributed by atoms with Crippen LogP contribution in [-0.2, 0) is 22.4 Å². The standard InChI is InChI=1S/C45H66N2O6Se2/c1-42(2,23-38(48)52-34-19-32(50-13)21-36-40(34)30(25-54-36)15-17-46(9)10)27-44(5,6)29-45(7,8)28-43(3,4)24-39(49)53-35-20-33(51-14)22-37-41(35)31(26-55-37)16-18-47(11)12/h19-22,25-26H,15-18,23-24,27-29H2,1-14H3. The molecule has 0 bridgehead atoms. The molecule has 0 amide bonds. The minimum atomic E-state index is -0.288. The van der Waals surface area contributed by atoms with Gasteiger partial charge in [0.05, 0.1) is 0 Å². The first-order valence-electron chi connectivity index (χ1n) is 19.4. The molecule has 55 heavy (non-hydrogen) atoms. The number of rotatable bonds is 20. The van der Waals surface area contributed by atoms with Crippen LogP contribution in [0.2, 0.25) is 0 Å². The normalized spacial score (nSPS) is 12.9. The third-order valence-corrected chi connectivity index (χ3v) is 14.2. The summed E-state index contributed by atoms with van der Waals surface area (Å²) in [6, 6.07) is 7.89. The van der Waals surface area contributed by atoms with Crippen LogP contribution in [0.15, 0.2) is 34.1 Å². The van der Waals surface area contributed by atoms with Crippen LogP contribution < -0.4 is 18.9 Å². The molecule has 2 heterocycles. The van der Waals surface area contributed by atoms with Gasteiger partial charge in [0.2, 0.25) is 0 Å². The summed E-state index contributed by atoms with van der Waals surface area (Å²) in [6.45, 7) is 19.7. The Bertz CT molecular complexity index is 1800. The summed E-state index contributed by atoms with van der Waals surface area (Å²) in [4.78, 5) is 36.2. The maximum atomic E-state index is 13.6. The third kappa shape index (κ3) is 13.2. The Kier molecular flexibility index (Phi) is 15.0. The van der Waals surface area contributed by atoms with E-state index in [1.807, 2.05) is 12.1 Å². The molecule has 0 aliphatic rings. The Labute approximate surface area is 342 Å². The van der Waals surface area contributed by atoms with Crippen molar-refractivity contribution in [3.63, 3.8) is 0 Å². The van der Waals surface area contributed by atoms with Crippen molar-refractivity contribution in [3.8, 4) is 23.0 Å². The van der Waals surface area contributed by atoms with Gasteiger partial charge in [0, 0.05) is 0 Å². The van der Waals surface area contributed by atoms with Crippen LogP contribution in [0.5, 0.6) is 23.0 Å². The number of methoxy groups -OCH3 is 2. The molecule has 0 spiro atoms. The summed E-state index contributed by atoms with van der Waals surface area (Å²) in [5.41, 5.74) is 1.79. The van der Waals surface area contributed by atoms with Gasteiger partial charge in [-0.2, -0.15) is 0 Å². The molecule has 10 heteroatoms. The molecule has 0 radical (unpaired) electrons. The molecule has 0 atom stereocenters. The molecule has 0 aliphatic heterocycles. The van der Waals surface area contributed by atoms with Crippen molar-refractivity contribution in [2.45, 2.75) is 100 Å². The maximum absolute atomic E-state index is 13.6. The topological polar surface area (TPSA) is 77.5 Å². The summed E-state index contributed by atoms with van der Waals surface area (Å²) < 4.78 is 25.9. The van der Waals surface area contributed by atoms with Gasteiger partial charge in [-0.05, 0) is 0 Å². The number of carbonyl (C=O) groups excluding carboxylic acids is 2. The summed E-state index contributed by atoms with van der Waals surface area (Å²) in [5.74, 6) is 2.22. The van der Waals surface area contributed by atoms with Gasteiger partial charge >= 0.3 is 344 Å². The number of hydrogen-bond donors (Lipinski definition) is 0. The fourth-order valence-corrected chi connectivity index (χ4v) is 13.4. The fraction of sp³-hybridized carbons (Fsp3) is 0.600. The van der Waals surface area contributed by atoms with Crippen molar-refractivity contribution in [1.29, 1.82) is 0 Å². The summed E-state index contributed by atoms with van der Waals surface area (Å²) in [7, 11) is 11.6. The van der Waals surface area contributed by atoms with Crippen molar-refractivity contribution < 1.29 is 28.5 Å². The Morgan fingerprint density at radius 1 is 0.564 bits per heavy atom. The zero-order valence-corrected chi connectivity index (χ0v) is 39.4. The molecule has 4 rings (SSSR count). The van der Waals surface area contributed by atoms with E-state index in [0.717, 1.165) is 67.5 Å².